The number of hydrogen-bond donors (Lipinski definition) is 1. The predicted molar refractivity (Wildman–Crippen MR) is 101 cm³/mol. The van der Waals surface area contributed by atoms with E-state index in [1.807, 2.05) is 22.6 Å². The van der Waals surface area contributed by atoms with Gasteiger partial charge in [0.15, 0.2) is 0 Å². The summed E-state index contributed by atoms with van der Waals surface area (Å²) in [4.78, 5) is 12.1. The van der Waals surface area contributed by atoms with Crippen LogP contribution in [-0.2, 0) is 14.9 Å². The van der Waals surface area contributed by atoms with Gasteiger partial charge in [0.25, 0.3) is 10.1 Å². The molecule has 1 aromatic rings. The molecule has 0 aliphatic heterocycles. The predicted octanol–water partition coefficient (Wildman–Crippen LogP) is 4.41. The van der Waals surface area contributed by atoms with Gasteiger partial charge in [0.2, 0.25) is 0 Å². The summed E-state index contributed by atoms with van der Waals surface area (Å²) in [6.07, 6.45) is -12.7. The Bertz CT molecular complexity index is 784. The molecule has 0 amide bonds. The van der Waals surface area contributed by atoms with Gasteiger partial charge in [-0.3, -0.25) is 4.55 Å². The highest BCUT2D eigenvalue weighted by molar-refractivity contribution is 14.1. The normalized spacial score (nSPS) is 13.6. The number of alkyl halides is 6. The lowest BCUT2D eigenvalue weighted by Gasteiger charge is -2.35. The van der Waals surface area contributed by atoms with E-state index in [4.69, 9.17) is 4.55 Å². The number of rotatable bonds is 4. The van der Waals surface area contributed by atoms with Crippen molar-refractivity contribution in [1.29, 1.82) is 0 Å². The molecule has 5 nitrogen and oxygen atoms in total. The van der Waals surface area contributed by atoms with E-state index >= 15 is 0 Å². The Morgan fingerprint density at radius 3 is 1.69 bits per heavy atom. The highest BCUT2D eigenvalue weighted by Gasteiger charge is 2.76. The van der Waals surface area contributed by atoms with E-state index in [2.05, 4.69) is 4.74 Å². The molecular formula is C11H5F6I3O5S. The first kappa shape index (κ1) is 24.4. The highest BCUT2D eigenvalue weighted by atomic mass is 127. The molecule has 0 aliphatic rings. The zero-order valence-electron chi connectivity index (χ0n) is 11.8. The van der Waals surface area contributed by atoms with Crippen LogP contribution in [0.4, 0.5) is 26.3 Å². The second kappa shape index (κ2) is 8.01. The van der Waals surface area contributed by atoms with Crippen molar-refractivity contribution in [3.8, 4) is 0 Å². The Labute approximate surface area is 183 Å². The van der Waals surface area contributed by atoms with Crippen molar-refractivity contribution >= 4 is 83.9 Å². The van der Waals surface area contributed by atoms with Crippen LogP contribution < -0.4 is 0 Å². The van der Waals surface area contributed by atoms with Gasteiger partial charge in [0.05, 0.1) is 5.56 Å². The smallest absolute Gasteiger partial charge is 0.435 e. The van der Waals surface area contributed by atoms with Crippen molar-refractivity contribution in [3.63, 3.8) is 0 Å². The molecule has 0 fully saturated rings. The number of benzene rings is 1. The molecule has 0 aliphatic carbocycles. The number of halogens is 9. The lowest BCUT2D eigenvalue weighted by atomic mass is 10.1. The van der Waals surface area contributed by atoms with Crippen LogP contribution in [0.3, 0.4) is 0 Å². The van der Waals surface area contributed by atoms with Gasteiger partial charge in [-0.25, -0.2) is 4.79 Å². The van der Waals surface area contributed by atoms with Crippen molar-refractivity contribution in [2.45, 2.75) is 18.0 Å². The van der Waals surface area contributed by atoms with E-state index in [0.717, 1.165) is 0 Å². The third-order valence-electron chi connectivity index (χ3n) is 2.78. The average molecular weight is 744 g/mol. The molecular weight excluding hydrogens is 739 g/mol. The maximum atomic E-state index is 13.2. The van der Waals surface area contributed by atoms with Crippen molar-refractivity contribution in [1.82, 2.24) is 0 Å². The molecule has 0 unspecified atom stereocenters. The quantitative estimate of drug-likeness (QED) is 0.214. The first-order valence-corrected chi connectivity index (χ1v) is 10.7. The first-order chi connectivity index (χ1) is 11.4. The molecule has 15 heteroatoms. The standard InChI is InChI=1S/C11H5F6I3O5S/c12-10(13,14)9(11(15,16)17,3-26(22,23)24)25-8(21)7-5(19)1-4(18)2-6(7)20/h1-2H,3H2,(H,22,23,24). The molecule has 0 aromatic heterocycles. The summed E-state index contributed by atoms with van der Waals surface area (Å²) in [5.74, 6) is -4.95. The zero-order chi connectivity index (χ0) is 20.7. The minimum atomic E-state index is -6.36. The molecule has 0 radical (unpaired) electrons. The Morgan fingerprint density at radius 1 is 1.00 bits per heavy atom. The number of ether oxygens (including phenoxy) is 1. The molecule has 0 saturated carbocycles. The molecule has 1 rings (SSSR count). The zero-order valence-corrected chi connectivity index (χ0v) is 19.0. The number of carbonyl (C=O) groups excluding carboxylic acids is 1. The lowest BCUT2D eigenvalue weighted by Crippen LogP contribution is -2.63. The summed E-state index contributed by atoms with van der Waals surface area (Å²) in [6.45, 7) is 0. The van der Waals surface area contributed by atoms with Gasteiger partial charge in [-0.05, 0) is 79.9 Å². The molecule has 0 spiro atoms. The van der Waals surface area contributed by atoms with Gasteiger partial charge in [-0.1, -0.05) is 0 Å². The summed E-state index contributed by atoms with van der Waals surface area (Å²) in [6, 6.07) is 2.59. The van der Waals surface area contributed by atoms with E-state index in [0.29, 0.717) is 3.57 Å². The molecule has 0 heterocycles. The molecule has 148 valence electrons. The van der Waals surface area contributed by atoms with Crippen LogP contribution in [0.5, 0.6) is 0 Å². The summed E-state index contributed by atoms with van der Waals surface area (Å²) >= 11 is 4.82. The Balaban J connectivity index is 3.59. The van der Waals surface area contributed by atoms with Crippen LogP contribution in [0.1, 0.15) is 10.4 Å². The molecule has 1 aromatic carbocycles. The molecule has 26 heavy (non-hydrogen) atoms. The Kier molecular flexibility index (Phi) is 7.52. The largest absolute Gasteiger partial charge is 0.438 e. The van der Waals surface area contributed by atoms with Gasteiger partial charge in [0, 0.05) is 10.7 Å². The maximum Gasteiger partial charge on any atom is 0.438 e. The minimum absolute atomic E-state index is 0.00555. The van der Waals surface area contributed by atoms with Crippen LogP contribution in [0.25, 0.3) is 0 Å². The third-order valence-corrected chi connectivity index (χ3v) is 5.88. The molecule has 0 saturated heterocycles. The Hall–Kier alpha value is 0.370. The fraction of sp³-hybridized carbons (Fsp3) is 0.364. The molecule has 0 bridgehead atoms. The third kappa shape index (κ3) is 5.46. The Morgan fingerprint density at radius 2 is 1.38 bits per heavy atom. The lowest BCUT2D eigenvalue weighted by molar-refractivity contribution is -0.356. The van der Waals surface area contributed by atoms with Crippen LogP contribution >= 0.6 is 67.8 Å². The number of carbonyl (C=O) groups is 1. The topological polar surface area (TPSA) is 80.7 Å². The fourth-order valence-corrected chi connectivity index (χ4v) is 6.60. The monoisotopic (exact) mass is 744 g/mol. The van der Waals surface area contributed by atoms with Crippen LogP contribution in [0, 0.1) is 10.7 Å². The van der Waals surface area contributed by atoms with Crippen molar-refractivity contribution in [3.05, 3.63) is 28.4 Å². The summed E-state index contributed by atoms with van der Waals surface area (Å²) in [5.41, 5.74) is -6.03. The summed E-state index contributed by atoms with van der Waals surface area (Å²) in [5, 5.41) is 0. The summed E-state index contributed by atoms with van der Waals surface area (Å²) < 4.78 is 113. The minimum Gasteiger partial charge on any atom is -0.435 e. The van der Waals surface area contributed by atoms with E-state index in [-0.39, 0.29) is 7.14 Å². The molecule has 1 N–H and O–H groups in total. The van der Waals surface area contributed by atoms with Gasteiger partial charge in [-0.2, -0.15) is 34.8 Å². The van der Waals surface area contributed by atoms with E-state index < -0.39 is 45.4 Å². The first-order valence-electron chi connectivity index (χ1n) is 5.88. The van der Waals surface area contributed by atoms with Gasteiger partial charge in [-0.15, -0.1) is 0 Å². The number of esters is 1. The number of hydrogen-bond acceptors (Lipinski definition) is 4. The maximum absolute atomic E-state index is 13.2. The van der Waals surface area contributed by atoms with Crippen LogP contribution in [0.15, 0.2) is 12.1 Å². The van der Waals surface area contributed by atoms with Gasteiger partial charge >= 0.3 is 23.9 Å². The van der Waals surface area contributed by atoms with Gasteiger partial charge in [0.1, 0.15) is 5.75 Å². The molecule has 0 atom stereocenters. The van der Waals surface area contributed by atoms with Crippen molar-refractivity contribution in [2.24, 2.45) is 0 Å². The van der Waals surface area contributed by atoms with E-state index in [1.54, 1.807) is 0 Å². The van der Waals surface area contributed by atoms with E-state index in [1.165, 1.54) is 57.3 Å². The fourth-order valence-electron chi connectivity index (χ4n) is 1.67. The average Bonchev–Trinajstić information content (AvgIpc) is 2.31. The van der Waals surface area contributed by atoms with Crippen LogP contribution in [0.2, 0.25) is 0 Å². The van der Waals surface area contributed by atoms with Crippen molar-refractivity contribution < 1.29 is 48.8 Å². The van der Waals surface area contributed by atoms with Gasteiger partial charge < -0.3 is 4.74 Å². The SMILES string of the molecule is O=C(OC(CS(=O)(=O)O)(C(F)(F)F)C(F)(F)F)c1c(I)cc(I)cc1I. The second-order valence-electron chi connectivity index (χ2n) is 4.68. The van der Waals surface area contributed by atoms with Crippen LogP contribution in [-0.4, -0.2) is 42.6 Å². The van der Waals surface area contributed by atoms with Crippen molar-refractivity contribution in [2.75, 3.05) is 5.75 Å². The second-order valence-corrected chi connectivity index (χ2v) is 9.71. The van der Waals surface area contributed by atoms with E-state index in [9.17, 15) is 39.6 Å². The highest BCUT2D eigenvalue weighted by Crippen LogP contribution is 2.47. The summed E-state index contributed by atoms with van der Waals surface area (Å²) in [7, 11) is -5.83.